The van der Waals surface area contributed by atoms with E-state index in [0.717, 1.165) is 11.3 Å². The Bertz CT molecular complexity index is 1110. The largest absolute Gasteiger partial charge is 0.457 e. The van der Waals surface area contributed by atoms with Crippen molar-refractivity contribution in [1.29, 1.82) is 0 Å². The van der Waals surface area contributed by atoms with Gasteiger partial charge in [-0.1, -0.05) is 44.2 Å². The Kier molecular flexibility index (Phi) is 8.03. The number of amides is 1. The summed E-state index contributed by atoms with van der Waals surface area (Å²) < 4.78 is 32.3. The van der Waals surface area contributed by atoms with Gasteiger partial charge in [-0.2, -0.15) is 4.31 Å². The molecule has 3 aromatic rings. The molecular formula is C25H28N2O4S. The van der Waals surface area contributed by atoms with Crippen LogP contribution in [-0.2, 0) is 21.2 Å². The molecule has 7 heteroatoms. The van der Waals surface area contributed by atoms with Crippen molar-refractivity contribution in [2.75, 3.05) is 18.4 Å². The molecule has 0 fully saturated rings. The second kappa shape index (κ2) is 10.9. The van der Waals surface area contributed by atoms with Crippen LogP contribution in [0.4, 0.5) is 5.69 Å². The summed E-state index contributed by atoms with van der Waals surface area (Å²) in [5, 5.41) is 2.87. The number of nitrogens with zero attached hydrogens (tertiary/aromatic N) is 1. The molecule has 3 rings (SSSR count). The summed E-state index contributed by atoms with van der Waals surface area (Å²) in [5.41, 5.74) is 1.60. The quantitative estimate of drug-likeness (QED) is 0.465. The third-order valence-electron chi connectivity index (χ3n) is 5.02. The van der Waals surface area contributed by atoms with Crippen LogP contribution in [0, 0.1) is 0 Å². The minimum atomic E-state index is -3.47. The Morgan fingerprint density at radius 1 is 0.844 bits per heavy atom. The number of rotatable bonds is 10. The minimum Gasteiger partial charge on any atom is -0.457 e. The molecule has 32 heavy (non-hydrogen) atoms. The number of hydrogen-bond acceptors (Lipinski definition) is 4. The van der Waals surface area contributed by atoms with Crippen molar-refractivity contribution < 1.29 is 17.9 Å². The summed E-state index contributed by atoms with van der Waals surface area (Å²) in [7, 11) is -3.47. The number of carbonyl (C=O) groups excluding carboxylic acids is 1. The van der Waals surface area contributed by atoms with Gasteiger partial charge in [-0.3, -0.25) is 4.79 Å². The fraction of sp³-hybridized carbons (Fsp3) is 0.240. The lowest BCUT2D eigenvalue weighted by molar-refractivity contribution is -0.116. The summed E-state index contributed by atoms with van der Waals surface area (Å²) in [6.07, 6.45) is 0.817. The average Bonchev–Trinajstić information content (AvgIpc) is 2.80. The number of benzene rings is 3. The first kappa shape index (κ1) is 23.5. The maximum atomic E-state index is 12.6. The highest BCUT2D eigenvalue weighted by Crippen LogP contribution is 2.23. The van der Waals surface area contributed by atoms with Gasteiger partial charge in [0.1, 0.15) is 11.5 Å². The van der Waals surface area contributed by atoms with Crippen LogP contribution < -0.4 is 10.1 Å². The van der Waals surface area contributed by atoms with E-state index in [9.17, 15) is 13.2 Å². The van der Waals surface area contributed by atoms with E-state index < -0.39 is 10.0 Å². The van der Waals surface area contributed by atoms with Gasteiger partial charge in [-0.15, -0.1) is 0 Å². The van der Waals surface area contributed by atoms with Crippen molar-refractivity contribution >= 4 is 21.6 Å². The van der Waals surface area contributed by atoms with E-state index in [-0.39, 0.29) is 10.8 Å². The zero-order valence-corrected chi connectivity index (χ0v) is 19.1. The van der Waals surface area contributed by atoms with E-state index in [0.29, 0.717) is 37.4 Å². The molecule has 3 aromatic carbocycles. The molecule has 0 aliphatic rings. The van der Waals surface area contributed by atoms with Gasteiger partial charge in [0.15, 0.2) is 0 Å². The van der Waals surface area contributed by atoms with Crippen LogP contribution in [0.1, 0.15) is 25.8 Å². The van der Waals surface area contributed by atoms with Crippen LogP contribution in [-0.4, -0.2) is 31.7 Å². The molecule has 0 unspecified atom stereocenters. The molecule has 0 heterocycles. The maximum Gasteiger partial charge on any atom is 0.243 e. The zero-order valence-electron chi connectivity index (χ0n) is 18.3. The van der Waals surface area contributed by atoms with Crippen LogP contribution in [0.3, 0.4) is 0 Å². The van der Waals surface area contributed by atoms with E-state index in [1.165, 1.54) is 4.31 Å². The summed E-state index contributed by atoms with van der Waals surface area (Å²) in [5.74, 6) is 1.33. The fourth-order valence-corrected chi connectivity index (χ4v) is 4.71. The number of para-hydroxylation sites is 1. The Hall–Kier alpha value is -3.16. The van der Waals surface area contributed by atoms with Crippen molar-refractivity contribution in [2.24, 2.45) is 0 Å². The summed E-state index contributed by atoms with van der Waals surface area (Å²) >= 11 is 0. The number of sulfonamides is 1. The Morgan fingerprint density at radius 3 is 2.03 bits per heavy atom. The number of aryl methyl sites for hydroxylation is 1. The van der Waals surface area contributed by atoms with Gasteiger partial charge in [-0.05, 0) is 60.5 Å². The first-order valence-corrected chi connectivity index (χ1v) is 12.1. The Balaban J connectivity index is 1.51. The third-order valence-corrected chi connectivity index (χ3v) is 7.09. The number of carbonyl (C=O) groups is 1. The highest BCUT2D eigenvalue weighted by Gasteiger charge is 2.21. The van der Waals surface area contributed by atoms with Crippen LogP contribution in [0.2, 0.25) is 0 Å². The number of nitrogens with one attached hydrogen (secondary N) is 1. The molecule has 0 saturated carbocycles. The van der Waals surface area contributed by atoms with Gasteiger partial charge in [0.05, 0.1) is 4.90 Å². The topological polar surface area (TPSA) is 75.7 Å². The second-order valence-corrected chi connectivity index (χ2v) is 9.16. The Morgan fingerprint density at radius 2 is 1.44 bits per heavy atom. The molecule has 1 N–H and O–H groups in total. The lowest BCUT2D eigenvalue weighted by atomic mass is 10.1. The van der Waals surface area contributed by atoms with Crippen molar-refractivity contribution in [3.8, 4) is 11.5 Å². The summed E-state index contributed by atoms with van der Waals surface area (Å²) in [6, 6.07) is 23.4. The van der Waals surface area contributed by atoms with Crippen LogP contribution >= 0.6 is 0 Å². The molecule has 0 bridgehead atoms. The first-order valence-electron chi connectivity index (χ1n) is 10.6. The van der Waals surface area contributed by atoms with Gasteiger partial charge in [0.2, 0.25) is 15.9 Å². The SMILES string of the molecule is CCN(CC)S(=O)(=O)c1ccc(CCC(=O)Nc2ccc(Oc3ccccc3)cc2)cc1. The van der Waals surface area contributed by atoms with Gasteiger partial charge >= 0.3 is 0 Å². The third kappa shape index (κ3) is 6.18. The number of hydrogen-bond donors (Lipinski definition) is 1. The van der Waals surface area contributed by atoms with Gasteiger partial charge in [0.25, 0.3) is 0 Å². The van der Waals surface area contributed by atoms with Crippen LogP contribution in [0.5, 0.6) is 11.5 Å². The van der Waals surface area contributed by atoms with Gasteiger partial charge in [-0.25, -0.2) is 8.42 Å². The lowest BCUT2D eigenvalue weighted by Crippen LogP contribution is -2.30. The molecular weight excluding hydrogens is 424 g/mol. The van der Waals surface area contributed by atoms with E-state index in [4.69, 9.17) is 4.74 Å². The van der Waals surface area contributed by atoms with E-state index in [1.807, 2.05) is 44.2 Å². The molecule has 6 nitrogen and oxygen atoms in total. The Labute approximate surface area is 189 Å². The normalized spacial score (nSPS) is 11.3. The van der Waals surface area contributed by atoms with E-state index >= 15 is 0 Å². The van der Waals surface area contributed by atoms with Gasteiger partial charge < -0.3 is 10.1 Å². The minimum absolute atomic E-state index is 0.110. The number of ether oxygens (including phenoxy) is 1. The molecule has 0 saturated heterocycles. The molecule has 0 spiro atoms. The molecule has 0 atom stereocenters. The molecule has 0 aliphatic carbocycles. The average molecular weight is 453 g/mol. The lowest BCUT2D eigenvalue weighted by Gasteiger charge is -2.18. The van der Waals surface area contributed by atoms with E-state index in [2.05, 4.69) is 5.32 Å². The highest BCUT2D eigenvalue weighted by atomic mass is 32.2. The second-order valence-electron chi connectivity index (χ2n) is 7.22. The smallest absolute Gasteiger partial charge is 0.243 e. The van der Waals surface area contributed by atoms with Crippen LogP contribution in [0.25, 0.3) is 0 Å². The highest BCUT2D eigenvalue weighted by molar-refractivity contribution is 7.89. The molecule has 0 radical (unpaired) electrons. The standard InChI is InChI=1S/C25H28N2O4S/c1-3-27(4-2)32(29,30)24-17-10-20(11-18-24)12-19-25(28)26-21-13-15-23(16-14-21)31-22-8-6-5-7-9-22/h5-11,13-18H,3-4,12,19H2,1-2H3,(H,26,28). The van der Waals surface area contributed by atoms with Gasteiger partial charge in [0, 0.05) is 25.2 Å². The van der Waals surface area contributed by atoms with Crippen molar-refractivity contribution in [3.63, 3.8) is 0 Å². The first-order chi connectivity index (χ1) is 15.4. The van der Waals surface area contributed by atoms with Crippen molar-refractivity contribution in [2.45, 2.75) is 31.6 Å². The zero-order chi connectivity index (χ0) is 23.0. The van der Waals surface area contributed by atoms with Crippen molar-refractivity contribution in [3.05, 3.63) is 84.4 Å². The number of anilines is 1. The van der Waals surface area contributed by atoms with E-state index in [1.54, 1.807) is 48.5 Å². The molecule has 0 aromatic heterocycles. The summed E-state index contributed by atoms with van der Waals surface area (Å²) in [6.45, 7) is 4.50. The fourth-order valence-electron chi connectivity index (χ4n) is 3.25. The van der Waals surface area contributed by atoms with Crippen LogP contribution in [0.15, 0.2) is 83.8 Å². The molecule has 1 amide bonds. The molecule has 168 valence electrons. The van der Waals surface area contributed by atoms with Crippen molar-refractivity contribution in [1.82, 2.24) is 4.31 Å². The predicted octanol–water partition coefficient (Wildman–Crippen LogP) is 5.08. The maximum absolute atomic E-state index is 12.6. The monoisotopic (exact) mass is 452 g/mol. The predicted molar refractivity (Wildman–Crippen MR) is 126 cm³/mol. The summed E-state index contributed by atoms with van der Waals surface area (Å²) in [4.78, 5) is 12.6. The molecule has 0 aliphatic heterocycles.